The number of hydrazone groups is 1. The van der Waals surface area contributed by atoms with Gasteiger partial charge in [-0.25, -0.2) is 5.43 Å². The molecule has 1 fully saturated rings. The quantitative estimate of drug-likeness (QED) is 0.514. The van der Waals surface area contributed by atoms with Crippen molar-refractivity contribution in [2.75, 3.05) is 0 Å². The molecule has 0 aliphatic heterocycles. The van der Waals surface area contributed by atoms with Crippen molar-refractivity contribution in [2.45, 2.75) is 24.6 Å². The van der Waals surface area contributed by atoms with Gasteiger partial charge < -0.3 is 0 Å². The summed E-state index contributed by atoms with van der Waals surface area (Å²) in [5, 5.41) is 4.63. The standard InChI is InChI=1S/C13H13Cl3N2O/c1-8(9-5-3-4-6-10(9)14)17-18-11(19)12(2)7-13(12,15)16/h3-6H,7H2,1-2H3,(H,18,19)/b17-8+. The Bertz CT molecular complexity index is 557. The lowest BCUT2D eigenvalue weighted by Crippen LogP contribution is -2.30. The van der Waals surface area contributed by atoms with Crippen LogP contribution < -0.4 is 5.43 Å². The molecule has 102 valence electrons. The van der Waals surface area contributed by atoms with Crippen molar-refractivity contribution < 1.29 is 4.79 Å². The molecule has 1 N–H and O–H groups in total. The lowest BCUT2D eigenvalue weighted by atomic mass is 10.1. The molecule has 1 aliphatic carbocycles. The summed E-state index contributed by atoms with van der Waals surface area (Å²) in [4.78, 5) is 11.9. The van der Waals surface area contributed by atoms with Gasteiger partial charge in [0.25, 0.3) is 0 Å². The third-order valence-corrected chi connectivity index (χ3v) is 4.78. The highest BCUT2D eigenvalue weighted by Gasteiger charge is 2.68. The largest absolute Gasteiger partial charge is 0.272 e. The van der Waals surface area contributed by atoms with Gasteiger partial charge in [0, 0.05) is 10.6 Å². The fourth-order valence-corrected chi connectivity index (χ4v) is 2.70. The van der Waals surface area contributed by atoms with Crippen LogP contribution in [0.1, 0.15) is 25.8 Å². The maximum absolute atomic E-state index is 11.9. The van der Waals surface area contributed by atoms with Crippen molar-refractivity contribution in [1.29, 1.82) is 0 Å². The minimum atomic E-state index is -0.995. The van der Waals surface area contributed by atoms with Crippen LogP contribution in [0.15, 0.2) is 29.4 Å². The van der Waals surface area contributed by atoms with Gasteiger partial charge in [0.1, 0.15) is 4.33 Å². The number of amides is 1. The molecule has 0 bridgehead atoms. The van der Waals surface area contributed by atoms with Gasteiger partial charge in [-0.1, -0.05) is 29.8 Å². The summed E-state index contributed by atoms with van der Waals surface area (Å²) >= 11 is 17.9. The van der Waals surface area contributed by atoms with Crippen LogP contribution in [0.25, 0.3) is 0 Å². The Hall–Kier alpha value is -0.770. The molecule has 1 unspecified atom stereocenters. The van der Waals surface area contributed by atoms with Gasteiger partial charge in [-0.2, -0.15) is 5.10 Å². The van der Waals surface area contributed by atoms with E-state index >= 15 is 0 Å². The molecule has 2 rings (SSSR count). The van der Waals surface area contributed by atoms with Crippen LogP contribution in [-0.2, 0) is 4.79 Å². The normalized spacial score (nSPS) is 25.0. The van der Waals surface area contributed by atoms with Crippen molar-refractivity contribution in [2.24, 2.45) is 10.5 Å². The van der Waals surface area contributed by atoms with E-state index in [4.69, 9.17) is 34.8 Å². The minimum Gasteiger partial charge on any atom is -0.272 e. The second kappa shape index (κ2) is 4.97. The fourth-order valence-electron chi connectivity index (χ4n) is 1.72. The summed E-state index contributed by atoms with van der Waals surface area (Å²) < 4.78 is -0.995. The number of alkyl halides is 2. The number of hydrogen-bond donors (Lipinski definition) is 1. The summed E-state index contributed by atoms with van der Waals surface area (Å²) in [6, 6.07) is 7.28. The second-order valence-electron chi connectivity index (χ2n) is 4.83. The Kier molecular flexibility index (Phi) is 3.83. The molecule has 1 aromatic rings. The van der Waals surface area contributed by atoms with E-state index in [1.165, 1.54) is 0 Å². The Morgan fingerprint density at radius 3 is 2.47 bits per heavy atom. The molecule has 3 nitrogen and oxygen atoms in total. The number of halogens is 3. The molecule has 0 aromatic heterocycles. The van der Waals surface area contributed by atoms with E-state index < -0.39 is 9.75 Å². The maximum Gasteiger partial charge on any atom is 0.249 e. The summed E-state index contributed by atoms with van der Waals surface area (Å²) in [5.74, 6) is -0.288. The van der Waals surface area contributed by atoms with E-state index in [1.807, 2.05) is 18.2 Å². The van der Waals surface area contributed by atoms with Gasteiger partial charge in [-0.05, 0) is 26.3 Å². The molecule has 6 heteroatoms. The first-order valence-corrected chi connectivity index (χ1v) is 6.89. The van der Waals surface area contributed by atoms with Crippen molar-refractivity contribution >= 4 is 46.4 Å². The Balaban J connectivity index is 2.08. The Labute approximate surface area is 126 Å². The van der Waals surface area contributed by atoms with Gasteiger partial charge in [-0.3, -0.25) is 4.79 Å². The number of rotatable bonds is 3. The Morgan fingerprint density at radius 2 is 1.95 bits per heavy atom. The van der Waals surface area contributed by atoms with Crippen molar-refractivity contribution in [3.05, 3.63) is 34.9 Å². The molecule has 1 aliphatic rings. The average molecular weight is 320 g/mol. The highest BCUT2D eigenvalue weighted by Crippen LogP contribution is 2.63. The van der Waals surface area contributed by atoms with Crippen LogP contribution in [0.2, 0.25) is 5.02 Å². The topological polar surface area (TPSA) is 41.5 Å². The summed E-state index contributed by atoms with van der Waals surface area (Å²) in [6.45, 7) is 3.48. The predicted octanol–water partition coefficient (Wildman–Crippen LogP) is 3.76. The van der Waals surface area contributed by atoms with E-state index in [1.54, 1.807) is 19.9 Å². The first-order valence-electron chi connectivity index (χ1n) is 5.75. The molecule has 1 aromatic carbocycles. The van der Waals surface area contributed by atoms with E-state index in [-0.39, 0.29) is 5.91 Å². The Morgan fingerprint density at radius 1 is 1.37 bits per heavy atom. The van der Waals surface area contributed by atoms with Gasteiger partial charge in [0.2, 0.25) is 5.91 Å². The zero-order chi connectivity index (χ0) is 14.3. The zero-order valence-corrected chi connectivity index (χ0v) is 12.8. The second-order valence-corrected chi connectivity index (χ2v) is 6.72. The van der Waals surface area contributed by atoms with Crippen molar-refractivity contribution in [3.8, 4) is 0 Å². The summed E-state index contributed by atoms with van der Waals surface area (Å²) in [6.07, 6.45) is 0.426. The predicted molar refractivity (Wildman–Crippen MR) is 79.0 cm³/mol. The van der Waals surface area contributed by atoms with Crippen LogP contribution in [0, 0.1) is 5.41 Å². The third-order valence-electron chi connectivity index (χ3n) is 3.35. The molecule has 0 heterocycles. The van der Waals surface area contributed by atoms with Gasteiger partial charge >= 0.3 is 0 Å². The molecule has 1 saturated carbocycles. The van der Waals surface area contributed by atoms with Gasteiger partial charge in [0.05, 0.1) is 11.1 Å². The number of carbonyl (C=O) groups is 1. The highest BCUT2D eigenvalue weighted by molar-refractivity contribution is 6.53. The molecule has 19 heavy (non-hydrogen) atoms. The molecule has 0 spiro atoms. The number of nitrogens with one attached hydrogen (secondary N) is 1. The lowest BCUT2D eigenvalue weighted by molar-refractivity contribution is -0.125. The summed E-state index contributed by atoms with van der Waals surface area (Å²) in [5.41, 5.74) is 3.11. The first-order chi connectivity index (χ1) is 8.78. The molecule has 1 atom stereocenters. The SMILES string of the molecule is C/C(=N\NC(=O)C1(C)CC1(Cl)Cl)c1ccccc1Cl. The minimum absolute atomic E-state index is 0.288. The fraction of sp³-hybridized carbons (Fsp3) is 0.385. The van der Waals surface area contributed by atoms with E-state index in [2.05, 4.69) is 10.5 Å². The van der Waals surface area contributed by atoms with Gasteiger partial charge in [0.15, 0.2) is 0 Å². The van der Waals surface area contributed by atoms with Crippen LogP contribution >= 0.6 is 34.8 Å². The molecule has 1 amide bonds. The molecular weight excluding hydrogens is 307 g/mol. The van der Waals surface area contributed by atoms with Crippen LogP contribution in [-0.4, -0.2) is 16.0 Å². The molecular formula is C13H13Cl3N2O. The average Bonchev–Trinajstić information content (AvgIpc) is 2.87. The van der Waals surface area contributed by atoms with Crippen molar-refractivity contribution in [1.82, 2.24) is 5.43 Å². The van der Waals surface area contributed by atoms with Crippen molar-refractivity contribution in [3.63, 3.8) is 0 Å². The highest BCUT2D eigenvalue weighted by atomic mass is 35.5. The van der Waals surface area contributed by atoms with E-state index in [0.717, 1.165) is 5.56 Å². The van der Waals surface area contributed by atoms with Gasteiger partial charge in [-0.15, -0.1) is 23.2 Å². The molecule has 0 saturated heterocycles. The number of benzene rings is 1. The number of nitrogens with zero attached hydrogens (tertiary/aromatic N) is 1. The zero-order valence-electron chi connectivity index (χ0n) is 10.5. The smallest absolute Gasteiger partial charge is 0.249 e. The third kappa shape index (κ3) is 2.73. The number of carbonyl (C=O) groups excluding carboxylic acids is 1. The lowest BCUT2D eigenvalue weighted by Gasteiger charge is -2.10. The van der Waals surface area contributed by atoms with Crippen LogP contribution in [0.4, 0.5) is 0 Å². The number of hydrogen-bond acceptors (Lipinski definition) is 2. The van der Waals surface area contributed by atoms with E-state index in [0.29, 0.717) is 17.2 Å². The maximum atomic E-state index is 11.9. The van der Waals surface area contributed by atoms with Crippen LogP contribution in [0.3, 0.4) is 0 Å². The molecule has 0 radical (unpaired) electrons. The first kappa shape index (κ1) is 14.6. The monoisotopic (exact) mass is 318 g/mol. The van der Waals surface area contributed by atoms with E-state index in [9.17, 15) is 4.79 Å². The summed E-state index contributed by atoms with van der Waals surface area (Å²) in [7, 11) is 0. The van der Waals surface area contributed by atoms with Crippen LogP contribution in [0.5, 0.6) is 0 Å².